The molecule has 18 atom stereocenters. The van der Waals surface area contributed by atoms with Crippen LogP contribution in [-0.2, 0) is 52.4 Å². The van der Waals surface area contributed by atoms with Gasteiger partial charge in [0.25, 0.3) is 0 Å². The van der Waals surface area contributed by atoms with E-state index in [1.807, 2.05) is 6.92 Å². The molecule has 2 aliphatic heterocycles. The standard InChI is InChI=1S/C48H67NO18/c1-22(2)16-33(52)49-35-40(66-34(53)17-29(51)26-10-8-7-9-11-26)39(67-43-38(56)37(55)36(54)24(4)63-43)30(21-62-25(5)50)65-42(35)64-28-19-46(6)31-13-12-27-18-47(31,41(57)23(27)3)15-14-32(46)48(20-28,44(58)59)45(60)61/h7-11,22,24,27-32,35-43,51,54-57H,3,12-21H2,1-2,4-6H3,(H,49,52)(H,58,59)(H,60,61). The lowest BCUT2D eigenvalue weighted by molar-refractivity contribution is -0.351. The summed E-state index contributed by atoms with van der Waals surface area (Å²) in [7, 11) is 0. The molecular formula is C48H67NO18. The van der Waals surface area contributed by atoms with Crippen molar-refractivity contribution in [1.29, 1.82) is 0 Å². The lowest BCUT2D eigenvalue weighted by Crippen LogP contribution is -2.69. The second-order valence-electron chi connectivity index (χ2n) is 20.5. The van der Waals surface area contributed by atoms with Crippen molar-refractivity contribution in [3.8, 4) is 0 Å². The smallest absolute Gasteiger partial charge is 0.321 e. The van der Waals surface area contributed by atoms with Crippen LogP contribution in [0.25, 0.3) is 0 Å². The van der Waals surface area contributed by atoms with Crippen molar-refractivity contribution in [3.63, 3.8) is 0 Å². The fraction of sp³-hybridized carbons (Fsp3) is 0.729. The summed E-state index contributed by atoms with van der Waals surface area (Å²) in [6.45, 7) is 11.6. The van der Waals surface area contributed by atoms with Gasteiger partial charge in [-0.2, -0.15) is 0 Å². The zero-order valence-corrected chi connectivity index (χ0v) is 38.6. The number of aliphatic hydroxyl groups is 5. The molecule has 372 valence electrons. The molecule has 18 unspecified atom stereocenters. The van der Waals surface area contributed by atoms with Gasteiger partial charge < -0.3 is 69.5 Å². The lowest BCUT2D eigenvalue weighted by atomic mass is 9.40. The molecule has 8 N–H and O–H groups in total. The monoisotopic (exact) mass is 945 g/mol. The first-order chi connectivity index (χ1) is 31.5. The zero-order valence-electron chi connectivity index (χ0n) is 38.6. The molecule has 6 aliphatic rings. The summed E-state index contributed by atoms with van der Waals surface area (Å²) in [5.74, 6) is -6.83. The molecule has 1 amide bonds. The Morgan fingerprint density at radius 1 is 0.851 bits per heavy atom. The maximum absolute atomic E-state index is 14.1. The highest BCUT2D eigenvalue weighted by atomic mass is 16.7. The molecule has 2 bridgehead atoms. The van der Waals surface area contributed by atoms with Gasteiger partial charge in [-0.3, -0.25) is 24.0 Å². The summed E-state index contributed by atoms with van der Waals surface area (Å²) in [5.41, 5.74) is -2.98. The molecule has 7 rings (SSSR count). The maximum atomic E-state index is 14.1. The van der Waals surface area contributed by atoms with Gasteiger partial charge in [0.15, 0.2) is 24.1 Å². The van der Waals surface area contributed by atoms with E-state index >= 15 is 0 Å². The highest BCUT2D eigenvalue weighted by Crippen LogP contribution is 2.72. The number of benzene rings is 1. The molecule has 19 heteroatoms. The topological polar surface area (TPSA) is 294 Å². The molecule has 1 aromatic carbocycles. The second kappa shape index (κ2) is 19.7. The van der Waals surface area contributed by atoms with Crippen molar-refractivity contribution in [2.75, 3.05) is 6.61 Å². The third kappa shape index (κ3) is 9.52. The Morgan fingerprint density at radius 2 is 1.54 bits per heavy atom. The average molecular weight is 946 g/mol. The number of aliphatic carboxylic acids is 2. The van der Waals surface area contributed by atoms with Gasteiger partial charge in [0.2, 0.25) is 5.91 Å². The molecular weight excluding hydrogens is 879 g/mol. The van der Waals surface area contributed by atoms with E-state index in [1.165, 1.54) is 6.92 Å². The molecule has 4 saturated carbocycles. The Labute approximate surface area is 389 Å². The van der Waals surface area contributed by atoms with Crippen LogP contribution in [0.15, 0.2) is 42.5 Å². The minimum Gasteiger partial charge on any atom is -0.480 e. The Hall–Kier alpha value is -4.05. The van der Waals surface area contributed by atoms with Gasteiger partial charge >= 0.3 is 23.9 Å². The number of esters is 2. The van der Waals surface area contributed by atoms with Crippen LogP contribution in [0.2, 0.25) is 0 Å². The quantitative estimate of drug-likeness (QED) is 0.0541. The first kappa shape index (κ1) is 50.8. The van der Waals surface area contributed by atoms with Crippen LogP contribution < -0.4 is 5.32 Å². The van der Waals surface area contributed by atoms with Crippen molar-refractivity contribution < 1.29 is 88.1 Å². The summed E-state index contributed by atoms with van der Waals surface area (Å²) in [6.07, 6.45) is -16.6. The first-order valence-corrected chi connectivity index (χ1v) is 23.4. The lowest BCUT2D eigenvalue weighted by Gasteiger charge is -2.64. The van der Waals surface area contributed by atoms with Crippen LogP contribution in [0.3, 0.4) is 0 Å². The van der Waals surface area contributed by atoms with Gasteiger partial charge in [-0.05, 0) is 85.7 Å². The minimum absolute atomic E-state index is 0.0618. The van der Waals surface area contributed by atoms with E-state index in [1.54, 1.807) is 44.2 Å². The summed E-state index contributed by atoms with van der Waals surface area (Å²) >= 11 is 0. The third-order valence-electron chi connectivity index (χ3n) is 15.9. The van der Waals surface area contributed by atoms with Crippen molar-refractivity contribution in [2.24, 2.45) is 39.9 Å². The third-order valence-corrected chi connectivity index (χ3v) is 15.9. The number of hydrogen-bond acceptors (Lipinski definition) is 16. The second-order valence-corrected chi connectivity index (χ2v) is 20.5. The first-order valence-electron chi connectivity index (χ1n) is 23.4. The predicted octanol–water partition coefficient (Wildman–Crippen LogP) is 2.14. The number of aliphatic hydroxyl groups excluding tert-OH is 5. The van der Waals surface area contributed by atoms with Crippen LogP contribution in [0.4, 0.5) is 0 Å². The number of carbonyl (C=O) groups excluding carboxylic acids is 3. The van der Waals surface area contributed by atoms with Crippen LogP contribution in [0.5, 0.6) is 0 Å². The zero-order chi connectivity index (χ0) is 48.9. The van der Waals surface area contributed by atoms with Gasteiger partial charge in [-0.1, -0.05) is 57.7 Å². The van der Waals surface area contributed by atoms with Gasteiger partial charge in [0.05, 0.1) is 30.8 Å². The summed E-state index contributed by atoms with van der Waals surface area (Å²) in [4.78, 5) is 67.5. The number of nitrogens with one attached hydrogen (secondary N) is 1. The summed E-state index contributed by atoms with van der Waals surface area (Å²) in [5, 5.41) is 80.2. The van der Waals surface area contributed by atoms with Gasteiger partial charge in [-0.15, -0.1) is 0 Å². The molecule has 4 aliphatic carbocycles. The van der Waals surface area contributed by atoms with Crippen molar-refractivity contribution >= 4 is 29.8 Å². The molecule has 1 spiro atoms. The number of fused-ring (bicyclic) bond motifs is 3. The number of carbonyl (C=O) groups is 5. The molecule has 19 nitrogen and oxygen atoms in total. The normalized spacial score (nSPS) is 40.5. The SMILES string of the molecule is C=C1C2CCC3C4(C)CC(OC5OC(COC(C)=O)C(OC6OC(C)C(O)C(O)C6O)C(OC(=O)CC(O)c6ccccc6)C5NC(=O)CC(C)C)CC(C(=O)O)(C(=O)O)C4CCC3(C2)C1O. The number of rotatable bonds is 15. The molecule has 67 heavy (non-hydrogen) atoms. The van der Waals surface area contributed by atoms with Crippen LogP contribution in [-0.4, -0.2) is 146 Å². The largest absolute Gasteiger partial charge is 0.480 e. The molecule has 0 radical (unpaired) electrons. The van der Waals surface area contributed by atoms with E-state index in [0.29, 0.717) is 31.2 Å². The average Bonchev–Trinajstić information content (AvgIpc) is 3.43. The van der Waals surface area contributed by atoms with E-state index in [0.717, 1.165) is 12.5 Å². The summed E-state index contributed by atoms with van der Waals surface area (Å²) in [6, 6.07) is 6.69. The number of carboxylic acids is 2. The predicted molar refractivity (Wildman–Crippen MR) is 231 cm³/mol. The number of carboxylic acid groups (broad SMARTS) is 2. The molecule has 2 heterocycles. The Kier molecular flexibility index (Phi) is 15.0. The van der Waals surface area contributed by atoms with Gasteiger partial charge in [0, 0.05) is 25.2 Å². The number of amides is 1. The van der Waals surface area contributed by atoms with Crippen molar-refractivity contribution in [1.82, 2.24) is 5.32 Å². The van der Waals surface area contributed by atoms with E-state index in [9.17, 15) is 59.7 Å². The Balaban J connectivity index is 1.31. The highest BCUT2D eigenvalue weighted by Gasteiger charge is 2.72. The Bertz CT molecular complexity index is 2000. The van der Waals surface area contributed by atoms with E-state index < -0.39 is 151 Å². The van der Waals surface area contributed by atoms with Crippen LogP contribution in [0, 0.1) is 39.9 Å². The minimum atomic E-state index is -2.37. The van der Waals surface area contributed by atoms with Crippen molar-refractivity contribution in [3.05, 3.63) is 48.0 Å². The number of ether oxygens (including phenoxy) is 6. The number of hydrogen-bond donors (Lipinski definition) is 8. The fourth-order valence-corrected chi connectivity index (χ4v) is 12.8. The van der Waals surface area contributed by atoms with E-state index in [-0.39, 0.29) is 37.0 Å². The van der Waals surface area contributed by atoms with Gasteiger partial charge in [0.1, 0.15) is 43.2 Å². The Morgan fingerprint density at radius 3 is 2.18 bits per heavy atom. The fourth-order valence-electron chi connectivity index (χ4n) is 12.8. The molecule has 1 aromatic rings. The highest BCUT2D eigenvalue weighted by molar-refractivity contribution is 5.99. The molecule has 0 aromatic heterocycles. The van der Waals surface area contributed by atoms with E-state index in [2.05, 4.69) is 11.9 Å². The maximum Gasteiger partial charge on any atom is 0.321 e. The van der Waals surface area contributed by atoms with Crippen LogP contribution >= 0.6 is 0 Å². The van der Waals surface area contributed by atoms with Gasteiger partial charge in [-0.25, -0.2) is 0 Å². The van der Waals surface area contributed by atoms with E-state index in [4.69, 9.17) is 28.4 Å². The summed E-state index contributed by atoms with van der Waals surface area (Å²) < 4.78 is 37.0. The molecule has 2 saturated heterocycles. The van der Waals surface area contributed by atoms with Crippen molar-refractivity contribution in [2.45, 2.75) is 172 Å². The van der Waals surface area contributed by atoms with Crippen LogP contribution in [0.1, 0.15) is 104 Å². The molecule has 6 fully saturated rings.